The minimum atomic E-state index is -0.0645. The van der Waals surface area contributed by atoms with Crippen molar-refractivity contribution < 1.29 is 5.11 Å². The fraction of sp³-hybridized carbons (Fsp3) is 1.00. The summed E-state index contributed by atoms with van der Waals surface area (Å²) in [4.78, 5) is 0. The number of aliphatic hydroxyl groups excluding tert-OH is 1. The Labute approximate surface area is 67.4 Å². The number of hydrogen-bond acceptors (Lipinski definition) is 2. The van der Waals surface area contributed by atoms with Crippen molar-refractivity contribution in [2.24, 2.45) is 0 Å². The van der Waals surface area contributed by atoms with Crippen molar-refractivity contribution >= 4 is 12.4 Å². The van der Waals surface area contributed by atoms with Crippen molar-refractivity contribution in [3.63, 3.8) is 0 Å². The van der Waals surface area contributed by atoms with E-state index in [1.165, 1.54) is 19.3 Å². The van der Waals surface area contributed by atoms with Crippen molar-refractivity contribution in [1.82, 2.24) is 5.32 Å². The first-order valence-electron chi connectivity index (χ1n) is 3.74. The molecule has 2 N–H and O–H groups in total. The van der Waals surface area contributed by atoms with Gasteiger partial charge in [0.25, 0.3) is 0 Å². The van der Waals surface area contributed by atoms with Gasteiger partial charge in [-0.25, -0.2) is 0 Å². The lowest BCUT2D eigenvalue weighted by molar-refractivity contribution is 0.156. The highest BCUT2D eigenvalue weighted by molar-refractivity contribution is 5.85. The third kappa shape index (κ3) is 1.16. The first kappa shape index (κ1) is 8.31. The van der Waals surface area contributed by atoms with Gasteiger partial charge >= 0.3 is 0 Å². The fourth-order valence-electron chi connectivity index (χ4n) is 1.91. The van der Waals surface area contributed by atoms with Crippen LogP contribution in [-0.2, 0) is 0 Å². The zero-order valence-corrected chi connectivity index (χ0v) is 6.78. The summed E-state index contributed by atoms with van der Waals surface area (Å²) in [6.45, 7) is 0.819. The van der Waals surface area contributed by atoms with Crippen molar-refractivity contribution in [3.8, 4) is 0 Å². The molecule has 2 fully saturated rings. The van der Waals surface area contributed by atoms with Gasteiger partial charge in [0.2, 0.25) is 0 Å². The molecule has 1 saturated carbocycles. The average Bonchev–Trinajstić information content (AvgIpc) is 2.09. The molecule has 0 aromatic carbocycles. The minimum absolute atomic E-state index is 0. The fourth-order valence-corrected chi connectivity index (χ4v) is 1.91. The molecule has 0 radical (unpaired) electrons. The average molecular weight is 164 g/mol. The Morgan fingerprint density at radius 2 is 2.10 bits per heavy atom. The van der Waals surface area contributed by atoms with Gasteiger partial charge in [-0.05, 0) is 25.7 Å². The van der Waals surface area contributed by atoms with E-state index in [4.69, 9.17) is 5.11 Å². The normalized spacial score (nSPS) is 35.1. The molecule has 2 aliphatic rings. The summed E-state index contributed by atoms with van der Waals surface area (Å²) in [5, 5.41) is 12.5. The highest BCUT2D eigenvalue weighted by Crippen LogP contribution is 2.38. The standard InChI is InChI=1S/C7H13NO.ClH/c9-6-4-7(8-5-6)2-1-3-7;/h6,8-9H,1-5H2;1H. The first-order valence-corrected chi connectivity index (χ1v) is 3.74. The van der Waals surface area contributed by atoms with Gasteiger partial charge in [0.05, 0.1) is 6.10 Å². The van der Waals surface area contributed by atoms with E-state index in [0.717, 1.165) is 13.0 Å². The zero-order chi connectivity index (χ0) is 6.32. The van der Waals surface area contributed by atoms with E-state index in [9.17, 15) is 0 Å². The molecule has 60 valence electrons. The maximum absolute atomic E-state index is 9.17. The number of rotatable bonds is 0. The van der Waals surface area contributed by atoms with E-state index < -0.39 is 0 Å². The first-order chi connectivity index (χ1) is 4.31. The molecule has 2 nitrogen and oxygen atoms in total. The van der Waals surface area contributed by atoms with Crippen LogP contribution >= 0.6 is 12.4 Å². The summed E-state index contributed by atoms with van der Waals surface area (Å²) in [5.41, 5.74) is 0.388. The van der Waals surface area contributed by atoms with Crippen molar-refractivity contribution in [1.29, 1.82) is 0 Å². The molecule has 10 heavy (non-hydrogen) atoms. The van der Waals surface area contributed by atoms with Crippen molar-refractivity contribution in [3.05, 3.63) is 0 Å². The van der Waals surface area contributed by atoms with Gasteiger partial charge < -0.3 is 10.4 Å². The van der Waals surface area contributed by atoms with Crippen LogP contribution < -0.4 is 5.32 Å². The second-order valence-electron chi connectivity index (χ2n) is 3.37. The summed E-state index contributed by atoms with van der Waals surface area (Å²) in [7, 11) is 0. The predicted molar refractivity (Wildman–Crippen MR) is 42.5 cm³/mol. The van der Waals surface area contributed by atoms with Crippen LogP contribution in [-0.4, -0.2) is 23.3 Å². The summed E-state index contributed by atoms with van der Waals surface area (Å²) in [6.07, 6.45) is 4.84. The molecule has 0 bridgehead atoms. The van der Waals surface area contributed by atoms with E-state index in [1.807, 2.05) is 0 Å². The number of aliphatic hydroxyl groups is 1. The molecule has 1 atom stereocenters. The van der Waals surface area contributed by atoms with Crippen LogP contribution in [0.1, 0.15) is 25.7 Å². The van der Waals surface area contributed by atoms with Crippen molar-refractivity contribution in [2.75, 3.05) is 6.54 Å². The molecule has 0 aromatic rings. The van der Waals surface area contributed by atoms with Gasteiger partial charge in [-0.3, -0.25) is 0 Å². The molecule has 0 amide bonds. The molecule has 1 aliphatic heterocycles. The number of hydrogen-bond donors (Lipinski definition) is 2. The SMILES string of the molecule is Cl.OC1CNC2(CCC2)C1. The van der Waals surface area contributed by atoms with Crippen LogP contribution in [0, 0.1) is 0 Å². The number of nitrogens with one attached hydrogen (secondary N) is 1. The molecule has 1 heterocycles. The minimum Gasteiger partial charge on any atom is -0.392 e. The predicted octanol–water partition coefficient (Wildman–Crippen LogP) is 0.685. The monoisotopic (exact) mass is 163 g/mol. The molecular formula is C7H14ClNO. The molecule has 3 heteroatoms. The molecular weight excluding hydrogens is 150 g/mol. The lowest BCUT2D eigenvalue weighted by atomic mass is 9.76. The van der Waals surface area contributed by atoms with Gasteiger partial charge in [-0.2, -0.15) is 0 Å². The molecule has 0 aromatic heterocycles. The highest BCUT2D eigenvalue weighted by atomic mass is 35.5. The second-order valence-corrected chi connectivity index (χ2v) is 3.37. The summed E-state index contributed by atoms with van der Waals surface area (Å²) < 4.78 is 0. The molecule has 1 spiro atoms. The third-order valence-electron chi connectivity index (χ3n) is 2.65. The summed E-state index contributed by atoms with van der Waals surface area (Å²) in [5.74, 6) is 0. The van der Waals surface area contributed by atoms with Gasteiger partial charge in [-0.15, -0.1) is 12.4 Å². The highest BCUT2D eigenvalue weighted by Gasteiger charge is 2.42. The Kier molecular flexibility index (Phi) is 2.23. The lowest BCUT2D eigenvalue weighted by Crippen LogP contribution is -2.45. The number of β-amino-alcohol motifs (C(OH)–C–C–N with tert-alkyl or cyclic N) is 1. The third-order valence-corrected chi connectivity index (χ3v) is 2.65. The zero-order valence-electron chi connectivity index (χ0n) is 5.97. The van der Waals surface area contributed by atoms with E-state index in [1.54, 1.807) is 0 Å². The summed E-state index contributed by atoms with van der Waals surface area (Å²) >= 11 is 0. The lowest BCUT2D eigenvalue weighted by Gasteiger charge is -2.38. The van der Waals surface area contributed by atoms with Crippen LogP contribution in [0.4, 0.5) is 0 Å². The van der Waals surface area contributed by atoms with E-state index in [0.29, 0.717) is 5.54 Å². The van der Waals surface area contributed by atoms with Gasteiger partial charge in [0.15, 0.2) is 0 Å². The molecule has 1 unspecified atom stereocenters. The van der Waals surface area contributed by atoms with Gasteiger partial charge in [0, 0.05) is 12.1 Å². The maximum atomic E-state index is 9.17. The Hall–Kier alpha value is 0.210. The molecule has 1 aliphatic carbocycles. The quantitative estimate of drug-likeness (QED) is 0.551. The van der Waals surface area contributed by atoms with Gasteiger partial charge in [-0.1, -0.05) is 0 Å². The molecule has 1 saturated heterocycles. The van der Waals surface area contributed by atoms with E-state index in [2.05, 4.69) is 5.32 Å². The van der Waals surface area contributed by atoms with E-state index >= 15 is 0 Å². The largest absolute Gasteiger partial charge is 0.392 e. The van der Waals surface area contributed by atoms with Crippen LogP contribution in [0.3, 0.4) is 0 Å². The smallest absolute Gasteiger partial charge is 0.0682 e. The molecule has 2 rings (SSSR count). The topological polar surface area (TPSA) is 32.3 Å². The van der Waals surface area contributed by atoms with Crippen LogP contribution in [0.15, 0.2) is 0 Å². The Morgan fingerprint density at radius 3 is 2.30 bits per heavy atom. The van der Waals surface area contributed by atoms with Crippen LogP contribution in [0.5, 0.6) is 0 Å². The Bertz CT molecular complexity index is 125. The van der Waals surface area contributed by atoms with E-state index in [-0.39, 0.29) is 18.5 Å². The second kappa shape index (κ2) is 2.68. The van der Waals surface area contributed by atoms with Gasteiger partial charge in [0.1, 0.15) is 0 Å². The van der Waals surface area contributed by atoms with Crippen LogP contribution in [0.2, 0.25) is 0 Å². The van der Waals surface area contributed by atoms with Crippen molar-refractivity contribution in [2.45, 2.75) is 37.3 Å². The number of halogens is 1. The maximum Gasteiger partial charge on any atom is 0.0682 e. The Morgan fingerprint density at radius 1 is 1.40 bits per heavy atom. The summed E-state index contributed by atoms with van der Waals surface area (Å²) in [6, 6.07) is 0. The Balaban J connectivity index is 0.000000500. The van der Waals surface area contributed by atoms with Crippen LogP contribution in [0.25, 0.3) is 0 Å².